The first-order chi connectivity index (χ1) is 17.5. The van der Waals surface area contributed by atoms with Crippen LogP contribution in [-0.2, 0) is 28.5 Å². The third kappa shape index (κ3) is 17.0. The monoisotopic (exact) mass is 538 g/mol. The molecule has 2 rings (SSSR count). The van der Waals surface area contributed by atoms with Crippen molar-refractivity contribution in [2.24, 2.45) is 0 Å². The summed E-state index contributed by atoms with van der Waals surface area (Å²) < 4.78 is 21.6. The lowest BCUT2D eigenvalue weighted by Crippen LogP contribution is -2.24. The van der Waals surface area contributed by atoms with Gasteiger partial charge in [0.2, 0.25) is 0 Å². The third-order valence-electron chi connectivity index (χ3n) is 3.85. The Bertz CT molecular complexity index is 801. The van der Waals surface area contributed by atoms with Gasteiger partial charge in [0.25, 0.3) is 0 Å². The van der Waals surface area contributed by atoms with E-state index in [1.54, 1.807) is 0 Å². The molecule has 0 spiro atoms. The highest BCUT2D eigenvalue weighted by molar-refractivity contribution is 7.10. The highest BCUT2D eigenvalue weighted by Crippen LogP contribution is 2.25. The number of rotatable bonds is 10. The maximum atomic E-state index is 11.9. The minimum atomic E-state index is -0.640. The van der Waals surface area contributed by atoms with Gasteiger partial charge in [-0.2, -0.15) is 0 Å². The van der Waals surface area contributed by atoms with E-state index in [1.165, 1.54) is 11.3 Å². The fourth-order valence-corrected chi connectivity index (χ4v) is 3.46. The molecule has 0 aliphatic heterocycles. The van der Waals surface area contributed by atoms with Gasteiger partial charge in [0, 0.05) is 4.88 Å². The van der Waals surface area contributed by atoms with Gasteiger partial charge in [0.05, 0.1) is 24.4 Å². The molecule has 1 heterocycles. The molecule has 0 aliphatic carbocycles. The van der Waals surface area contributed by atoms with Crippen LogP contribution in [0, 0.1) is 0 Å². The van der Waals surface area contributed by atoms with Crippen LogP contribution in [0.2, 0.25) is 0 Å². The number of carbonyl (C=O) groups excluding carboxylic acids is 2. The second kappa shape index (κ2) is 21.8. The van der Waals surface area contributed by atoms with E-state index >= 15 is 0 Å². The summed E-state index contributed by atoms with van der Waals surface area (Å²) in [6.45, 7) is 22.9. The highest BCUT2D eigenvalue weighted by atomic mass is 32.1. The first-order valence-corrected chi connectivity index (χ1v) is 14.2. The SMILES string of the molecule is CC.CC.CC(C)OC(=O)C(OC(C)C)c1ccccc1.CC(C)OC(=O)C(OC(C)C)c1cccs1. The molecule has 0 N–H and O–H groups in total. The Hall–Kier alpha value is -2.22. The summed E-state index contributed by atoms with van der Waals surface area (Å²) in [4.78, 5) is 24.7. The molecule has 0 radical (unpaired) electrons. The molecule has 1 aromatic carbocycles. The Morgan fingerprint density at radius 2 is 1.03 bits per heavy atom. The second-order valence-corrected chi connectivity index (χ2v) is 9.51. The quantitative estimate of drug-likeness (QED) is 0.283. The molecule has 0 aliphatic rings. The molecule has 0 saturated carbocycles. The molecule has 0 saturated heterocycles. The van der Waals surface area contributed by atoms with E-state index in [-0.39, 0.29) is 36.4 Å². The number of hydrogen-bond donors (Lipinski definition) is 0. The summed E-state index contributed by atoms with van der Waals surface area (Å²) >= 11 is 1.50. The summed E-state index contributed by atoms with van der Waals surface area (Å²) in [7, 11) is 0. The van der Waals surface area contributed by atoms with Crippen molar-refractivity contribution in [1.82, 2.24) is 0 Å². The second-order valence-electron chi connectivity index (χ2n) is 8.53. The molecular formula is C30H50O6S. The lowest BCUT2D eigenvalue weighted by molar-refractivity contribution is -0.165. The molecule has 0 fully saturated rings. The summed E-state index contributed by atoms with van der Waals surface area (Å²) in [5.41, 5.74) is 0.826. The van der Waals surface area contributed by atoms with Crippen LogP contribution >= 0.6 is 11.3 Å². The topological polar surface area (TPSA) is 71.1 Å². The Kier molecular flexibility index (Phi) is 21.8. The molecule has 1 aromatic heterocycles. The minimum absolute atomic E-state index is 0.00758. The number of thiophene rings is 1. The molecule has 37 heavy (non-hydrogen) atoms. The zero-order valence-electron chi connectivity index (χ0n) is 24.9. The van der Waals surface area contributed by atoms with Gasteiger partial charge in [0.1, 0.15) is 0 Å². The van der Waals surface area contributed by atoms with E-state index in [2.05, 4.69) is 0 Å². The highest BCUT2D eigenvalue weighted by Gasteiger charge is 2.26. The van der Waals surface area contributed by atoms with Crippen molar-refractivity contribution >= 4 is 23.3 Å². The van der Waals surface area contributed by atoms with Crippen LogP contribution < -0.4 is 0 Å². The first-order valence-electron chi connectivity index (χ1n) is 13.3. The zero-order valence-corrected chi connectivity index (χ0v) is 25.8. The van der Waals surface area contributed by atoms with Crippen molar-refractivity contribution in [3.8, 4) is 0 Å². The molecule has 212 valence electrons. The molecule has 0 bridgehead atoms. The van der Waals surface area contributed by atoms with Gasteiger partial charge in [-0.1, -0.05) is 64.1 Å². The summed E-state index contributed by atoms with van der Waals surface area (Å²) in [5.74, 6) is -0.647. The fraction of sp³-hybridized carbons (Fsp3) is 0.600. The van der Waals surface area contributed by atoms with Crippen LogP contribution in [0.25, 0.3) is 0 Å². The molecule has 2 unspecified atom stereocenters. The van der Waals surface area contributed by atoms with Crippen molar-refractivity contribution in [2.75, 3.05) is 0 Å². The van der Waals surface area contributed by atoms with E-state index in [1.807, 2.05) is 131 Å². The first kappa shape index (κ1) is 36.9. The van der Waals surface area contributed by atoms with Crippen molar-refractivity contribution in [3.63, 3.8) is 0 Å². The summed E-state index contributed by atoms with van der Waals surface area (Å²) in [5, 5.41) is 1.93. The Morgan fingerprint density at radius 1 is 0.595 bits per heavy atom. The van der Waals surface area contributed by atoms with Crippen LogP contribution in [0.4, 0.5) is 0 Å². The van der Waals surface area contributed by atoms with Gasteiger partial charge in [-0.25, -0.2) is 9.59 Å². The fourth-order valence-electron chi connectivity index (χ4n) is 2.71. The van der Waals surface area contributed by atoms with E-state index < -0.39 is 12.2 Å². The van der Waals surface area contributed by atoms with Gasteiger partial charge in [-0.05, 0) is 72.4 Å². The van der Waals surface area contributed by atoms with Crippen LogP contribution in [-0.4, -0.2) is 36.4 Å². The molecule has 6 nitrogen and oxygen atoms in total. The molecule has 7 heteroatoms. The molecule has 0 amide bonds. The normalized spacial score (nSPS) is 11.9. The third-order valence-corrected chi connectivity index (χ3v) is 4.77. The van der Waals surface area contributed by atoms with Gasteiger partial charge < -0.3 is 18.9 Å². The smallest absolute Gasteiger partial charge is 0.341 e. The number of carbonyl (C=O) groups is 2. The maximum Gasteiger partial charge on any atom is 0.341 e. The lowest BCUT2D eigenvalue weighted by atomic mass is 10.1. The van der Waals surface area contributed by atoms with E-state index in [9.17, 15) is 9.59 Å². The van der Waals surface area contributed by atoms with Crippen molar-refractivity contribution < 1.29 is 28.5 Å². The van der Waals surface area contributed by atoms with Crippen LogP contribution in [0.5, 0.6) is 0 Å². The number of hydrogen-bond acceptors (Lipinski definition) is 7. The van der Waals surface area contributed by atoms with Gasteiger partial charge >= 0.3 is 11.9 Å². The largest absolute Gasteiger partial charge is 0.461 e. The predicted octanol–water partition coefficient (Wildman–Crippen LogP) is 8.32. The van der Waals surface area contributed by atoms with Gasteiger partial charge in [-0.15, -0.1) is 11.3 Å². The predicted molar refractivity (Wildman–Crippen MR) is 154 cm³/mol. The number of benzene rings is 1. The van der Waals surface area contributed by atoms with Crippen molar-refractivity contribution in [3.05, 3.63) is 58.3 Å². The van der Waals surface area contributed by atoms with E-state index in [0.717, 1.165) is 10.4 Å². The molecular weight excluding hydrogens is 488 g/mol. The van der Waals surface area contributed by atoms with Gasteiger partial charge in [0.15, 0.2) is 12.2 Å². The average molecular weight is 539 g/mol. The van der Waals surface area contributed by atoms with Crippen LogP contribution in [0.15, 0.2) is 47.8 Å². The average Bonchev–Trinajstić information content (AvgIpc) is 3.38. The summed E-state index contributed by atoms with van der Waals surface area (Å²) in [6.07, 6.45) is -1.53. The Labute approximate surface area is 229 Å². The van der Waals surface area contributed by atoms with E-state index in [4.69, 9.17) is 18.9 Å². The van der Waals surface area contributed by atoms with Crippen molar-refractivity contribution in [1.29, 1.82) is 0 Å². The molecule has 2 atom stereocenters. The Morgan fingerprint density at radius 3 is 1.41 bits per heavy atom. The maximum absolute atomic E-state index is 11.9. The Balaban J connectivity index is 0. The minimum Gasteiger partial charge on any atom is -0.461 e. The van der Waals surface area contributed by atoms with Gasteiger partial charge in [-0.3, -0.25) is 0 Å². The van der Waals surface area contributed by atoms with Crippen LogP contribution in [0.3, 0.4) is 0 Å². The van der Waals surface area contributed by atoms with Crippen molar-refractivity contribution in [2.45, 2.75) is 120 Å². The molecule has 2 aromatic rings. The van der Waals surface area contributed by atoms with E-state index in [0.29, 0.717) is 0 Å². The lowest BCUT2D eigenvalue weighted by Gasteiger charge is -2.20. The number of ether oxygens (including phenoxy) is 4. The summed E-state index contributed by atoms with van der Waals surface area (Å²) in [6, 6.07) is 13.2. The zero-order chi connectivity index (χ0) is 29.0. The van der Waals surface area contributed by atoms with Crippen LogP contribution in [0.1, 0.15) is 106 Å². The standard InChI is InChI=1S/C14H20O3.C12H18O3S.2C2H6/c1-10(2)16-13(14(15)17-11(3)4)12-8-6-5-7-9-12;1-8(2)14-11(10-6-5-7-16-10)12(13)15-9(3)4;2*1-2/h5-11,13H,1-4H3;5-9,11H,1-4H3;2*1-2H3. The number of esters is 2.